The molecule has 1 spiro atoms. The van der Waals surface area contributed by atoms with Gasteiger partial charge in [-0.25, -0.2) is 0 Å². The first kappa shape index (κ1) is 14.5. The lowest BCUT2D eigenvalue weighted by atomic mass is 9.82. The molecule has 2 aliphatic rings. The summed E-state index contributed by atoms with van der Waals surface area (Å²) in [4.78, 5) is 4.87. The molecule has 2 aliphatic heterocycles. The van der Waals surface area contributed by atoms with E-state index in [1.54, 1.807) is 0 Å². The Morgan fingerprint density at radius 1 is 1.38 bits per heavy atom. The highest BCUT2D eigenvalue weighted by atomic mass is 16.5. The molecule has 21 heavy (non-hydrogen) atoms. The number of pyridine rings is 1. The number of nitriles is 1. The van der Waals surface area contributed by atoms with Gasteiger partial charge in [0, 0.05) is 11.3 Å². The molecule has 112 valence electrons. The molecule has 3 rings (SSSR count). The second kappa shape index (κ2) is 4.79. The van der Waals surface area contributed by atoms with E-state index >= 15 is 0 Å². The number of aryl methyl sites for hydroxylation is 2. The van der Waals surface area contributed by atoms with Crippen LogP contribution in [-0.2, 0) is 10.3 Å². The fraction of sp³-hybridized carbons (Fsp3) is 0.647. The number of hydrogen-bond donors (Lipinski definition) is 1. The third kappa shape index (κ3) is 2.16. The Morgan fingerprint density at radius 3 is 2.67 bits per heavy atom. The highest BCUT2D eigenvalue weighted by Gasteiger charge is 2.51. The number of aromatic nitrogens is 1. The average Bonchev–Trinajstić information content (AvgIpc) is 2.76. The Hall–Kier alpha value is -1.44. The van der Waals surface area contributed by atoms with E-state index in [-0.39, 0.29) is 11.7 Å². The number of piperidine rings is 1. The molecule has 0 saturated carbocycles. The zero-order chi connectivity index (χ0) is 15.3. The van der Waals surface area contributed by atoms with Gasteiger partial charge >= 0.3 is 0 Å². The van der Waals surface area contributed by atoms with Crippen LogP contribution in [0.1, 0.15) is 55.3 Å². The van der Waals surface area contributed by atoms with Crippen LogP contribution in [0.2, 0.25) is 0 Å². The highest BCUT2D eigenvalue weighted by molar-refractivity contribution is 5.40. The molecule has 1 saturated heterocycles. The number of rotatable bonds is 1. The van der Waals surface area contributed by atoms with E-state index in [1.807, 2.05) is 20.8 Å². The van der Waals surface area contributed by atoms with Crippen LogP contribution in [0.5, 0.6) is 0 Å². The molecule has 1 aromatic rings. The first-order valence-corrected chi connectivity index (χ1v) is 7.68. The molecule has 0 bridgehead atoms. The van der Waals surface area contributed by atoms with E-state index in [0.717, 1.165) is 42.9 Å². The van der Waals surface area contributed by atoms with Gasteiger partial charge in [-0.2, -0.15) is 5.26 Å². The van der Waals surface area contributed by atoms with Crippen LogP contribution in [0.15, 0.2) is 6.07 Å². The van der Waals surface area contributed by atoms with Crippen molar-refractivity contribution in [3.63, 3.8) is 0 Å². The number of fused-ring (bicyclic) bond motifs is 2. The second-order valence-corrected chi connectivity index (χ2v) is 6.90. The lowest BCUT2D eigenvalue weighted by Gasteiger charge is -2.35. The maximum atomic E-state index is 9.53. The van der Waals surface area contributed by atoms with E-state index in [2.05, 4.69) is 24.4 Å². The average molecular weight is 285 g/mol. The molecule has 1 unspecified atom stereocenters. The van der Waals surface area contributed by atoms with Crippen LogP contribution < -0.4 is 5.32 Å². The van der Waals surface area contributed by atoms with E-state index < -0.39 is 5.41 Å². The minimum absolute atomic E-state index is 0.192. The number of nitrogens with one attached hydrogen (secondary N) is 1. The molecule has 1 atom stereocenters. The van der Waals surface area contributed by atoms with Gasteiger partial charge in [-0.3, -0.25) is 4.98 Å². The molecule has 3 heterocycles. The molecule has 1 aromatic heterocycles. The molecule has 0 aliphatic carbocycles. The van der Waals surface area contributed by atoms with Gasteiger partial charge in [0.05, 0.1) is 17.2 Å². The van der Waals surface area contributed by atoms with Crippen molar-refractivity contribution in [1.29, 1.82) is 5.26 Å². The van der Waals surface area contributed by atoms with E-state index in [9.17, 15) is 5.26 Å². The number of hydrogen-bond acceptors (Lipinski definition) is 4. The van der Waals surface area contributed by atoms with Crippen molar-refractivity contribution in [3.05, 3.63) is 28.6 Å². The van der Waals surface area contributed by atoms with Crippen molar-refractivity contribution in [2.45, 2.75) is 52.2 Å². The zero-order valence-electron chi connectivity index (χ0n) is 13.3. The fourth-order valence-electron chi connectivity index (χ4n) is 3.42. The second-order valence-electron chi connectivity index (χ2n) is 6.90. The van der Waals surface area contributed by atoms with Gasteiger partial charge in [-0.05, 0) is 65.3 Å². The van der Waals surface area contributed by atoms with Crippen molar-refractivity contribution in [2.24, 2.45) is 5.41 Å². The van der Waals surface area contributed by atoms with Gasteiger partial charge in [0.2, 0.25) is 0 Å². The minimum Gasteiger partial charge on any atom is -0.359 e. The van der Waals surface area contributed by atoms with Gasteiger partial charge in [0.1, 0.15) is 11.7 Å². The topological polar surface area (TPSA) is 57.9 Å². The molecule has 0 aromatic carbocycles. The van der Waals surface area contributed by atoms with Crippen LogP contribution in [0.25, 0.3) is 0 Å². The molecule has 1 N–H and O–H groups in total. The van der Waals surface area contributed by atoms with Gasteiger partial charge < -0.3 is 10.1 Å². The van der Waals surface area contributed by atoms with Gasteiger partial charge in [0.25, 0.3) is 0 Å². The van der Waals surface area contributed by atoms with Crippen LogP contribution in [0.4, 0.5) is 0 Å². The molecule has 4 heteroatoms. The summed E-state index contributed by atoms with van der Waals surface area (Å²) in [6.07, 6.45) is 1.66. The van der Waals surface area contributed by atoms with Crippen LogP contribution in [0, 0.1) is 30.6 Å². The third-order valence-electron chi connectivity index (χ3n) is 4.91. The fourth-order valence-corrected chi connectivity index (χ4v) is 3.42. The largest absolute Gasteiger partial charge is 0.359 e. The smallest absolute Gasteiger partial charge is 0.114 e. The maximum absolute atomic E-state index is 9.53. The Labute approximate surface area is 126 Å². The summed E-state index contributed by atoms with van der Waals surface area (Å²) in [6, 6.07) is 4.59. The molecule has 4 nitrogen and oxygen atoms in total. The number of nitrogens with zero attached hydrogens (tertiary/aromatic N) is 2. The molecular weight excluding hydrogens is 262 g/mol. The van der Waals surface area contributed by atoms with E-state index in [1.165, 1.54) is 5.56 Å². The lowest BCUT2D eigenvalue weighted by molar-refractivity contribution is -0.123. The van der Waals surface area contributed by atoms with E-state index in [0.29, 0.717) is 0 Å². The van der Waals surface area contributed by atoms with Crippen molar-refractivity contribution in [1.82, 2.24) is 10.3 Å². The Balaban J connectivity index is 2.15. The summed E-state index contributed by atoms with van der Waals surface area (Å²) in [5.41, 5.74) is 3.56. The summed E-state index contributed by atoms with van der Waals surface area (Å²) in [5.74, 6) is 0. The van der Waals surface area contributed by atoms with E-state index in [4.69, 9.17) is 9.72 Å². The Bertz CT molecular complexity index is 609. The Kier molecular flexibility index (Phi) is 3.31. The maximum Gasteiger partial charge on any atom is 0.114 e. The minimum atomic E-state index is -0.549. The summed E-state index contributed by atoms with van der Waals surface area (Å²) in [5, 5.41) is 12.9. The van der Waals surface area contributed by atoms with Crippen molar-refractivity contribution in [3.8, 4) is 6.07 Å². The monoisotopic (exact) mass is 285 g/mol. The predicted octanol–water partition coefficient (Wildman–Crippen LogP) is 2.90. The van der Waals surface area contributed by atoms with Crippen molar-refractivity contribution in [2.75, 3.05) is 13.1 Å². The zero-order valence-corrected chi connectivity index (χ0v) is 13.3. The molecule has 1 fully saturated rings. The third-order valence-corrected chi connectivity index (χ3v) is 4.91. The van der Waals surface area contributed by atoms with Crippen molar-refractivity contribution >= 4 is 0 Å². The molecular formula is C17H23N3O. The standard InChI is InChI=1S/C17H23N3O/c1-11-9-13-14(20-12(11)2)17(5-7-19-8-6-17)21-15(13)16(3,4)10-18/h9,15,19H,5-8H2,1-4H3. The SMILES string of the molecule is Cc1cc2c(nc1C)C1(CCNCC1)OC2C(C)(C)C#N. The van der Waals surface area contributed by atoms with Gasteiger partial charge in [0.15, 0.2) is 0 Å². The van der Waals surface area contributed by atoms with Gasteiger partial charge in [-0.15, -0.1) is 0 Å². The lowest BCUT2D eigenvalue weighted by Crippen LogP contribution is -2.41. The van der Waals surface area contributed by atoms with Crippen LogP contribution >= 0.6 is 0 Å². The van der Waals surface area contributed by atoms with Crippen LogP contribution in [0.3, 0.4) is 0 Å². The summed E-state index contributed by atoms with van der Waals surface area (Å²) in [6.45, 7) is 9.91. The quantitative estimate of drug-likeness (QED) is 0.862. The van der Waals surface area contributed by atoms with Crippen molar-refractivity contribution < 1.29 is 4.74 Å². The number of ether oxygens (including phenoxy) is 1. The predicted molar refractivity (Wildman–Crippen MR) is 80.7 cm³/mol. The Morgan fingerprint density at radius 2 is 2.05 bits per heavy atom. The summed E-state index contributed by atoms with van der Waals surface area (Å²) in [7, 11) is 0. The van der Waals surface area contributed by atoms with Gasteiger partial charge in [-0.1, -0.05) is 0 Å². The molecule has 0 amide bonds. The summed E-state index contributed by atoms with van der Waals surface area (Å²) >= 11 is 0. The normalized spacial score (nSPS) is 23.9. The first-order valence-electron chi connectivity index (χ1n) is 7.68. The van der Waals surface area contributed by atoms with Crippen LogP contribution in [-0.4, -0.2) is 18.1 Å². The first-order chi connectivity index (χ1) is 9.89. The summed E-state index contributed by atoms with van der Waals surface area (Å²) < 4.78 is 6.50. The highest BCUT2D eigenvalue weighted by Crippen LogP contribution is 2.53. The molecule has 0 radical (unpaired) electrons.